The Morgan fingerprint density at radius 3 is 2.60 bits per heavy atom. The molecule has 0 bridgehead atoms. The average molecular weight is 316 g/mol. The summed E-state index contributed by atoms with van der Waals surface area (Å²) in [5.41, 5.74) is 7.24. The van der Waals surface area contributed by atoms with Crippen LogP contribution in [-0.2, 0) is 11.2 Å². The molecule has 112 valence electrons. The van der Waals surface area contributed by atoms with Crippen molar-refractivity contribution >= 4 is 23.2 Å². The maximum Gasteiger partial charge on any atom is 0.0832 e. The van der Waals surface area contributed by atoms with Crippen molar-refractivity contribution in [3.8, 4) is 0 Å². The van der Waals surface area contributed by atoms with Gasteiger partial charge in [0.15, 0.2) is 0 Å². The predicted octanol–water partition coefficient (Wildman–Crippen LogP) is 4.46. The smallest absolute Gasteiger partial charge is 0.0832 e. The van der Waals surface area contributed by atoms with Crippen LogP contribution in [0.3, 0.4) is 0 Å². The maximum absolute atomic E-state index is 6.46. The van der Waals surface area contributed by atoms with Gasteiger partial charge in [-0.05, 0) is 61.8 Å². The van der Waals surface area contributed by atoms with Crippen LogP contribution in [-0.4, -0.2) is 18.8 Å². The highest BCUT2D eigenvalue weighted by Gasteiger charge is 2.39. The van der Waals surface area contributed by atoms with E-state index in [2.05, 4.69) is 6.92 Å². The molecule has 1 aliphatic carbocycles. The molecule has 2 N–H and O–H groups in total. The van der Waals surface area contributed by atoms with Gasteiger partial charge in [0.1, 0.15) is 0 Å². The van der Waals surface area contributed by atoms with E-state index in [1.165, 1.54) is 12.8 Å². The zero-order valence-electron chi connectivity index (χ0n) is 12.2. The van der Waals surface area contributed by atoms with E-state index in [1.807, 2.05) is 12.1 Å². The van der Waals surface area contributed by atoms with E-state index in [0.29, 0.717) is 11.4 Å². The molecule has 0 radical (unpaired) electrons. The van der Waals surface area contributed by atoms with Gasteiger partial charge in [0.05, 0.1) is 5.60 Å². The molecule has 4 heteroatoms. The van der Waals surface area contributed by atoms with Crippen LogP contribution >= 0.6 is 23.2 Å². The molecule has 1 aliphatic rings. The first kappa shape index (κ1) is 16.1. The van der Waals surface area contributed by atoms with Crippen LogP contribution in [0.5, 0.6) is 0 Å². The molecule has 0 aromatic heterocycles. The second-order valence-electron chi connectivity index (χ2n) is 6.00. The molecule has 1 fully saturated rings. The second-order valence-corrected chi connectivity index (χ2v) is 6.84. The molecule has 1 saturated carbocycles. The van der Waals surface area contributed by atoms with E-state index < -0.39 is 0 Å². The number of benzene rings is 1. The van der Waals surface area contributed by atoms with Gasteiger partial charge in [0.2, 0.25) is 0 Å². The van der Waals surface area contributed by atoms with Crippen molar-refractivity contribution in [3.05, 3.63) is 33.8 Å². The van der Waals surface area contributed by atoms with Crippen LogP contribution < -0.4 is 5.73 Å². The molecule has 0 spiro atoms. The maximum atomic E-state index is 6.46. The second kappa shape index (κ2) is 6.65. The fourth-order valence-corrected chi connectivity index (χ4v) is 3.49. The molecule has 0 aliphatic heterocycles. The highest BCUT2D eigenvalue weighted by Crippen LogP contribution is 2.37. The third-order valence-electron chi connectivity index (χ3n) is 4.65. The lowest BCUT2D eigenvalue weighted by Gasteiger charge is -2.42. The van der Waals surface area contributed by atoms with Crippen molar-refractivity contribution < 1.29 is 4.74 Å². The first-order chi connectivity index (χ1) is 9.47. The van der Waals surface area contributed by atoms with Gasteiger partial charge in [-0.25, -0.2) is 0 Å². The summed E-state index contributed by atoms with van der Waals surface area (Å²) in [5.74, 6) is 0.764. The van der Waals surface area contributed by atoms with Crippen molar-refractivity contribution in [1.82, 2.24) is 0 Å². The molecule has 20 heavy (non-hydrogen) atoms. The van der Waals surface area contributed by atoms with Gasteiger partial charge < -0.3 is 10.5 Å². The fourth-order valence-electron chi connectivity index (χ4n) is 3.10. The molecule has 2 nitrogen and oxygen atoms in total. The summed E-state index contributed by atoms with van der Waals surface area (Å²) in [7, 11) is 1.77. The number of hydrogen-bond acceptors (Lipinski definition) is 2. The van der Waals surface area contributed by atoms with Gasteiger partial charge in [-0.1, -0.05) is 30.1 Å². The summed E-state index contributed by atoms with van der Waals surface area (Å²) in [6.45, 7) is 2.29. The molecular formula is C16H23Cl2NO. The minimum Gasteiger partial charge on any atom is -0.377 e. The number of hydrogen-bond donors (Lipinski definition) is 1. The van der Waals surface area contributed by atoms with E-state index >= 15 is 0 Å². The summed E-state index contributed by atoms with van der Waals surface area (Å²) in [5, 5.41) is 1.42. The molecule has 0 amide bonds. The summed E-state index contributed by atoms with van der Waals surface area (Å²) in [6, 6.07) is 5.47. The van der Waals surface area contributed by atoms with Crippen molar-refractivity contribution in [2.45, 2.75) is 50.7 Å². The first-order valence-corrected chi connectivity index (χ1v) is 7.97. The summed E-state index contributed by atoms with van der Waals surface area (Å²) in [6.07, 6.45) is 5.07. The third kappa shape index (κ3) is 3.48. The summed E-state index contributed by atoms with van der Waals surface area (Å²) >= 11 is 12.3. The van der Waals surface area contributed by atoms with Gasteiger partial charge in [0, 0.05) is 23.2 Å². The Balaban J connectivity index is 2.13. The summed E-state index contributed by atoms with van der Waals surface area (Å²) in [4.78, 5) is 0. The zero-order valence-corrected chi connectivity index (χ0v) is 13.7. The first-order valence-electron chi connectivity index (χ1n) is 7.21. The SMILES string of the molecule is COC1(C(N)Cc2cc(Cl)ccc2Cl)CCC(C)CC1. The molecule has 0 heterocycles. The molecule has 0 saturated heterocycles. The molecule has 1 unspecified atom stereocenters. The van der Waals surface area contributed by atoms with Crippen LogP contribution in [0, 0.1) is 5.92 Å². The predicted molar refractivity (Wildman–Crippen MR) is 85.5 cm³/mol. The minimum absolute atomic E-state index is 0.0593. The zero-order chi connectivity index (χ0) is 14.8. The molecule has 1 aromatic carbocycles. The number of methoxy groups -OCH3 is 1. The summed E-state index contributed by atoms with van der Waals surface area (Å²) < 4.78 is 5.83. The van der Waals surface area contributed by atoms with E-state index in [4.69, 9.17) is 33.7 Å². The van der Waals surface area contributed by atoms with Crippen LogP contribution in [0.15, 0.2) is 18.2 Å². The quantitative estimate of drug-likeness (QED) is 0.890. The normalized spacial score (nSPS) is 28.4. The van der Waals surface area contributed by atoms with Crippen molar-refractivity contribution in [2.75, 3.05) is 7.11 Å². The molecule has 1 aromatic rings. The Kier molecular flexibility index (Phi) is 5.36. The number of nitrogens with two attached hydrogens (primary N) is 1. The van der Waals surface area contributed by atoms with Gasteiger partial charge in [-0.2, -0.15) is 0 Å². The van der Waals surface area contributed by atoms with Crippen LogP contribution in [0.4, 0.5) is 0 Å². The van der Waals surface area contributed by atoms with E-state index in [-0.39, 0.29) is 11.6 Å². The van der Waals surface area contributed by atoms with Crippen molar-refractivity contribution in [1.29, 1.82) is 0 Å². The van der Waals surface area contributed by atoms with Crippen LogP contribution in [0.1, 0.15) is 38.2 Å². The van der Waals surface area contributed by atoms with Gasteiger partial charge in [-0.3, -0.25) is 0 Å². The van der Waals surface area contributed by atoms with Gasteiger partial charge in [0.25, 0.3) is 0 Å². The lowest BCUT2D eigenvalue weighted by molar-refractivity contribution is -0.0659. The van der Waals surface area contributed by atoms with E-state index in [9.17, 15) is 0 Å². The van der Waals surface area contributed by atoms with Crippen molar-refractivity contribution in [2.24, 2.45) is 11.7 Å². The number of rotatable bonds is 4. The fraction of sp³-hybridized carbons (Fsp3) is 0.625. The number of halogens is 2. The van der Waals surface area contributed by atoms with Gasteiger partial charge in [-0.15, -0.1) is 0 Å². The van der Waals surface area contributed by atoms with Gasteiger partial charge >= 0.3 is 0 Å². The molecule has 1 atom stereocenters. The van der Waals surface area contributed by atoms with E-state index in [1.54, 1.807) is 13.2 Å². The monoisotopic (exact) mass is 315 g/mol. The third-order valence-corrected chi connectivity index (χ3v) is 5.25. The Morgan fingerprint density at radius 1 is 1.35 bits per heavy atom. The Morgan fingerprint density at radius 2 is 2.00 bits per heavy atom. The Hall–Kier alpha value is -0.280. The van der Waals surface area contributed by atoms with Crippen LogP contribution in [0.2, 0.25) is 10.0 Å². The topological polar surface area (TPSA) is 35.2 Å². The highest BCUT2D eigenvalue weighted by atomic mass is 35.5. The molecular weight excluding hydrogens is 293 g/mol. The Bertz CT molecular complexity index is 456. The Labute approximate surface area is 131 Å². The van der Waals surface area contributed by atoms with Crippen molar-refractivity contribution in [3.63, 3.8) is 0 Å². The lowest BCUT2D eigenvalue weighted by atomic mass is 9.74. The van der Waals surface area contributed by atoms with Crippen LogP contribution in [0.25, 0.3) is 0 Å². The largest absolute Gasteiger partial charge is 0.377 e. The minimum atomic E-state index is -0.224. The van der Waals surface area contributed by atoms with E-state index in [0.717, 1.165) is 29.3 Å². The highest BCUT2D eigenvalue weighted by molar-refractivity contribution is 6.33. The lowest BCUT2D eigenvalue weighted by Crippen LogP contribution is -2.52. The number of ether oxygens (including phenoxy) is 1. The standard InChI is InChI=1S/C16H23Cl2NO/c1-11-5-7-16(20-2,8-6-11)15(19)10-12-9-13(17)3-4-14(12)18/h3-4,9,11,15H,5-8,10,19H2,1-2H3. The molecule has 2 rings (SSSR count). The average Bonchev–Trinajstić information content (AvgIpc) is 2.44.